The summed E-state index contributed by atoms with van der Waals surface area (Å²) < 4.78 is 10.5. The third-order valence-corrected chi connectivity index (χ3v) is 4.33. The number of methoxy groups -OCH3 is 1. The molecule has 1 aliphatic rings. The number of hydrogen-bond donors (Lipinski definition) is 0. The third-order valence-electron chi connectivity index (χ3n) is 3.98. The molecule has 0 unspecified atom stereocenters. The number of likely N-dealkylation sites (N-methyl/N-ethyl adjacent to an activating group) is 1. The highest BCUT2D eigenvalue weighted by molar-refractivity contribution is 6.31. The molecule has 0 saturated heterocycles. The number of ether oxygens (including phenoxy) is 2. The fraction of sp³-hybridized carbons (Fsp3) is 0.222. The van der Waals surface area contributed by atoms with Crippen LogP contribution in [0.15, 0.2) is 36.4 Å². The van der Waals surface area contributed by atoms with Gasteiger partial charge in [0, 0.05) is 24.1 Å². The van der Waals surface area contributed by atoms with E-state index in [1.54, 1.807) is 50.6 Å². The van der Waals surface area contributed by atoms with Crippen molar-refractivity contribution in [2.45, 2.75) is 6.42 Å². The second kappa shape index (κ2) is 6.53. The maximum Gasteiger partial charge on any atom is 0.264 e. The number of rotatable bonds is 4. The average molecular weight is 346 g/mol. The van der Waals surface area contributed by atoms with Crippen LogP contribution < -0.4 is 14.4 Å². The summed E-state index contributed by atoms with van der Waals surface area (Å²) in [4.78, 5) is 25.7. The quantitative estimate of drug-likeness (QED) is 0.799. The highest BCUT2D eigenvalue weighted by Gasteiger charge is 2.23. The number of fused-ring (bicyclic) bond motifs is 1. The number of carbonyl (C=O) groups excluding carboxylic acids is 2. The summed E-state index contributed by atoms with van der Waals surface area (Å²) in [5.74, 6) is 0.981. The molecule has 6 heteroatoms. The Balaban J connectivity index is 1.82. The van der Waals surface area contributed by atoms with E-state index >= 15 is 0 Å². The van der Waals surface area contributed by atoms with Crippen LogP contribution in [0.5, 0.6) is 11.5 Å². The zero-order valence-electron chi connectivity index (χ0n) is 13.3. The zero-order chi connectivity index (χ0) is 17.3. The van der Waals surface area contributed by atoms with Crippen molar-refractivity contribution in [3.63, 3.8) is 0 Å². The third kappa shape index (κ3) is 3.08. The molecular formula is C18H16ClNO4. The average Bonchev–Trinajstić information content (AvgIpc) is 2.59. The molecule has 0 N–H and O–H groups in total. The Morgan fingerprint density at radius 1 is 1.29 bits per heavy atom. The lowest BCUT2D eigenvalue weighted by Crippen LogP contribution is -2.35. The topological polar surface area (TPSA) is 55.8 Å². The Morgan fingerprint density at radius 2 is 2.08 bits per heavy atom. The summed E-state index contributed by atoms with van der Waals surface area (Å²) >= 11 is 6.19. The van der Waals surface area contributed by atoms with Gasteiger partial charge in [0.2, 0.25) is 0 Å². The Bertz CT molecular complexity index is 819. The lowest BCUT2D eigenvalue weighted by atomic mass is 10.0. The first-order valence-corrected chi connectivity index (χ1v) is 7.76. The highest BCUT2D eigenvalue weighted by atomic mass is 35.5. The fourth-order valence-electron chi connectivity index (χ4n) is 2.52. The summed E-state index contributed by atoms with van der Waals surface area (Å²) in [5, 5.41) is 0.488. The fourth-order valence-corrected chi connectivity index (χ4v) is 2.76. The van der Waals surface area contributed by atoms with Crippen LogP contribution in [0.25, 0.3) is 0 Å². The van der Waals surface area contributed by atoms with E-state index in [0.29, 0.717) is 27.8 Å². The zero-order valence-corrected chi connectivity index (χ0v) is 14.1. The normalized spacial score (nSPS) is 13.3. The maximum atomic E-state index is 12.5. The van der Waals surface area contributed by atoms with E-state index < -0.39 is 0 Å². The molecule has 1 aliphatic heterocycles. The van der Waals surface area contributed by atoms with E-state index in [1.165, 1.54) is 4.90 Å². The predicted octanol–water partition coefficient (Wildman–Crippen LogP) is 3.13. The molecule has 5 nitrogen and oxygen atoms in total. The van der Waals surface area contributed by atoms with Crippen molar-refractivity contribution in [3.8, 4) is 11.5 Å². The number of anilines is 1. The smallest absolute Gasteiger partial charge is 0.264 e. The number of Topliss-reactive ketones (excluding diaryl/α,β-unsaturated/α-hetero) is 1. The molecule has 124 valence electrons. The van der Waals surface area contributed by atoms with Crippen molar-refractivity contribution in [1.82, 2.24) is 0 Å². The monoisotopic (exact) mass is 345 g/mol. The van der Waals surface area contributed by atoms with Gasteiger partial charge >= 0.3 is 0 Å². The van der Waals surface area contributed by atoms with Crippen LogP contribution in [0.3, 0.4) is 0 Å². The Kier molecular flexibility index (Phi) is 4.44. The minimum Gasteiger partial charge on any atom is -0.497 e. The first-order valence-electron chi connectivity index (χ1n) is 7.38. The molecule has 2 aromatic carbocycles. The summed E-state index contributed by atoms with van der Waals surface area (Å²) in [6.45, 7) is -0.0224. The van der Waals surface area contributed by atoms with Crippen molar-refractivity contribution in [3.05, 3.63) is 52.5 Å². The molecule has 3 rings (SSSR count). The summed E-state index contributed by atoms with van der Waals surface area (Å²) in [5.41, 5.74) is 1.90. The molecule has 0 atom stereocenters. The van der Waals surface area contributed by atoms with Crippen molar-refractivity contribution < 1.29 is 19.1 Å². The van der Waals surface area contributed by atoms with Gasteiger partial charge in [0.15, 0.2) is 12.4 Å². The molecular weight excluding hydrogens is 330 g/mol. The largest absolute Gasteiger partial charge is 0.497 e. The number of amides is 1. The standard InChI is InChI=1S/C18H16ClNO4/c1-20-15-6-4-12(8-17(15)24-10-18(20)22)16(21)7-11-3-5-13(23-2)9-14(11)19/h3-6,8-9H,7,10H2,1-2H3. The molecule has 1 heterocycles. The molecule has 0 aliphatic carbocycles. The molecule has 0 bridgehead atoms. The summed E-state index contributed by atoms with van der Waals surface area (Å²) in [6.07, 6.45) is 0.177. The van der Waals surface area contributed by atoms with Crippen LogP contribution in [-0.4, -0.2) is 32.5 Å². The number of halogens is 1. The van der Waals surface area contributed by atoms with E-state index in [0.717, 1.165) is 5.56 Å². The molecule has 0 saturated carbocycles. The Hall–Kier alpha value is -2.53. The minimum atomic E-state index is -0.119. The van der Waals surface area contributed by atoms with Crippen molar-refractivity contribution in [2.75, 3.05) is 25.7 Å². The van der Waals surface area contributed by atoms with Crippen molar-refractivity contribution >= 4 is 29.0 Å². The van der Waals surface area contributed by atoms with Gasteiger partial charge in [-0.2, -0.15) is 0 Å². The second-order valence-electron chi connectivity index (χ2n) is 5.48. The Labute approximate surface area is 144 Å². The van der Waals surface area contributed by atoms with E-state index in [2.05, 4.69) is 0 Å². The molecule has 0 aromatic heterocycles. The number of hydrogen-bond acceptors (Lipinski definition) is 4. The van der Waals surface area contributed by atoms with Gasteiger partial charge in [0.05, 0.1) is 12.8 Å². The van der Waals surface area contributed by atoms with Gasteiger partial charge in [-0.1, -0.05) is 17.7 Å². The molecule has 0 spiro atoms. The van der Waals surface area contributed by atoms with Crippen molar-refractivity contribution in [2.24, 2.45) is 0 Å². The van der Waals surface area contributed by atoms with Crippen LogP contribution in [0.4, 0.5) is 5.69 Å². The SMILES string of the molecule is COc1ccc(CC(=O)c2ccc3c(c2)OCC(=O)N3C)c(Cl)c1. The molecule has 0 fully saturated rings. The van der Waals surface area contributed by atoms with Gasteiger partial charge in [-0.05, 0) is 35.9 Å². The molecule has 24 heavy (non-hydrogen) atoms. The van der Waals surface area contributed by atoms with Gasteiger partial charge in [-0.15, -0.1) is 0 Å². The van der Waals surface area contributed by atoms with Crippen LogP contribution in [0.1, 0.15) is 15.9 Å². The Morgan fingerprint density at radius 3 is 2.79 bits per heavy atom. The van der Waals surface area contributed by atoms with Gasteiger partial charge in [0.25, 0.3) is 5.91 Å². The highest BCUT2D eigenvalue weighted by Crippen LogP contribution is 2.32. The first kappa shape index (κ1) is 16.3. The number of ketones is 1. The van der Waals surface area contributed by atoms with Crippen LogP contribution in [0, 0.1) is 0 Å². The molecule has 2 aromatic rings. The van der Waals surface area contributed by atoms with Gasteiger partial charge in [-0.25, -0.2) is 0 Å². The van der Waals surface area contributed by atoms with E-state index in [9.17, 15) is 9.59 Å². The van der Waals surface area contributed by atoms with Gasteiger partial charge in [0.1, 0.15) is 11.5 Å². The van der Waals surface area contributed by atoms with Gasteiger partial charge < -0.3 is 14.4 Å². The van der Waals surface area contributed by atoms with Crippen LogP contribution >= 0.6 is 11.6 Å². The van der Waals surface area contributed by atoms with Crippen LogP contribution in [-0.2, 0) is 11.2 Å². The predicted molar refractivity (Wildman–Crippen MR) is 91.4 cm³/mol. The minimum absolute atomic E-state index is 0.0224. The lowest BCUT2D eigenvalue weighted by molar-refractivity contribution is -0.120. The van der Waals surface area contributed by atoms with Crippen molar-refractivity contribution in [1.29, 1.82) is 0 Å². The summed E-state index contributed by atoms with van der Waals surface area (Å²) in [6, 6.07) is 10.3. The maximum absolute atomic E-state index is 12.5. The number of nitrogens with zero attached hydrogens (tertiary/aromatic N) is 1. The van der Waals surface area contributed by atoms with Gasteiger partial charge in [-0.3, -0.25) is 9.59 Å². The number of benzene rings is 2. The second-order valence-corrected chi connectivity index (χ2v) is 5.89. The van der Waals surface area contributed by atoms with Crippen LogP contribution in [0.2, 0.25) is 5.02 Å². The number of carbonyl (C=O) groups is 2. The van der Waals surface area contributed by atoms with E-state index in [-0.39, 0.29) is 24.7 Å². The molecule has 1 amide bonds. The lowest BCUT2D eigenvalue weighted by Gasteiger charge is -2.26. The van der Waals surface area contributed by atoms with E-state index in [1.807, 2.05) is 0 Å². The van der Waals surface area contributed by atoms with E-state index in [4.69, 9.17) is 21.1 Å². The summed E-state index contributed by atoms with van der Waals surface area (Å²) in [7, 11) is 3.24. The first-order chi connectivity index (χ1) is 11.5. The molecule has 0 radical (unpaired) electrons.